The molecular weight excluding hydrogens is 357 g/mol. The van der Waals surface area contributed by atoms with Gasteiger partial charge in [0.15, 0.2) is 17.4 Å². The first-order valence-electron chi connectivity index (χ1n) is 8.73. The third-order valence-electron chi connectivity index (χ3n) is 4.68. The molecule has 0 unspecified atom stereocenters. The average molecular weight is 376 g/mol. The van der Waals surface area contributed by atoms with E-state index in [0.29, 0.717) is 30.8 Å². The predicted octanol–water partition coefficient (Wildman–Crippen LogP) is 3.66. The van der Waals surface area contributed by atoms with Gasteiger partial charge in [0.05, 0.1) is 11.3 Å². The molecule has 0 aromatic heterocycles. The standard InChI is InChI=1S/C20H19F3N2O2/c1-2-18(26)13-6-7-17(16(22)12-13)24-8-10-25(11-9-24)20(27)14-4-3-5-15(21)19(14)23/h3-7,12H,2,8-11H2,1H3. The maximum atomic E-state index is 14.4. The number of piperazine rings is 1. The molecule has 2 aromatic carbocycles. The van der Waals surface area contributed by atoms with E-state index in [1.165, 1.54) is 23.1 Å². The molecule has 7 heteroatoms. The van der Waals surface area contributed by atoms with E-state index in [4.69, 9.17) is 0 Å². The highest BCUT2D eigenvalue weighted by molar-refractivity contribution is 5.96. The van der Waals surface area contributed by atoms with Crippen molar-refractivity contribution in [3.63, 3.8) is 0 Å². The molecule has 0 atom stereocenters. The van der Waals surface area contributed by atoms with Crippen LogP contribution in [0.5, 0.6) is 0 Å². The third-order valence-corrected chi connectivity index (χ3v) is 4.68. The van der Waals surface area contributed by atoms with Crippen LogP contribution in [0.25, 0.3) is 0 Å². The molecule has 0 bridgehead atoms. The van der Waals surface area contributed by atoms with E-state index in [0.717, 1.165) is 6.07 Å². The molecule has 142 valence electrons. The lowest BCUT2D eigenvalue weighted by molar-refractivity contribution is 0.0740. The van der Waals surface area contributed by atoms with Gasteiger partial charge in [-0.05, 0) is 30.3 Å². The molecule has 1 saturated heterocycles. The van der Waals surface area contributed by atoms with Crippen molar-refractivity contribution in [3.8, 4) is 0 Å². The number of hydrogen-bond acceptors (Lipinski definition) is 3. The molecule has 27 heavy (non-hydrogen) atoms. The maximum absolute atomic E-state index is 14.4. The van der Waals surface area contributed by atoms with E-state index in [1.54, 1.807) is 24.0 Å². The molecule has 1 aliphatic heterocycles. The minimum absolute atomic E-state index is 0.131. The van der Waals surface area contributed by atoms with Gasteiger partial charge in [0.1, 0.15) is 5.82 Å². The summed E-state index contributed by atoms with van der Waals surface area (Å²) in [5.74, 6) is -3.44. The third kappa shape index (κ3) is 3.82. The highest BCUT2D eigenvalue weighted by Crippen LogP contribution is 2.23. The Labute approximate surface area is 155 Å². The second-order valence-electron chi connectivity index (χ2n) is 6.32. The van der Waals surface area contributed by atoms with Crippen LogP contribution in [0.3, 0.4) is 0 Å². The van der Waals surface area contributed by atoms with Crippen molar-refractivity contribution in [2.24, 2.45) is 0 Å². The number of nitrogens with zero attached hydrogens (tertiary/aromatic N) is 2. The summed E-state index contributed by atoms with van der Waals surface area (Å²) in [5, 5.41) is 0. The van der Waals surface area contributed by atoms with E-state index in [-0.39, 0.29) is 24.4 Å². The van der Waals surface area contributed by atoms with Gasteiger partial charge in [0, 0.05) is 38.2 Å². The van der Waals surface area contributed by atoms with E-state index in [1.807, 2.05) is 0 Å². The molecule has 0 radical (unpaired) electrons. The number of hydrogen-bond donors (Lipinski definition) is 0. The summed E-state index contributed by atoms with van der Waals surface area (Å²) in [5.41, 5.74) is 0.373. The summed E-state index contributed by atoms with van der Waals surface area (Å²) in [6, 6.07) is 7.86. The van der Waals surface area contributed by atoms with Gasteiger partial charge in [0.2, 0.25) is 0 Å². The lowest BCUT2D eigenvalue weighted by atomic mass is 10.1. The van der Waals surface area contributed by atoms with Crippen LogP contribution in [-0.2, 0) is 0 Å². The minimum atomic E-state index is -1.16. The SMILES string of the molecule is CCC(=O)c1ccc(N2CCN(C(=O)c3cccc(F)c3F)CC2)c(F)c1. The zero-order chi connectivity index (χ0) is 19.6. The fourth-order valence-electron chi connectivity index (χ4n) is 3.13. The quantitative estimate of drug-likeness (QED) is 0.765. The normalized spacial score (nSPS) is 14.4. The summed E-state index contributed by atoms with van der Waals surface area (Å²) < 4.78 is 41.5. The Morgan fingerprint density at radius 1 is 0.963 bits per heavy atom. The molecule has 0 saturated carbocycles. The van der Waals surface area contributed by atoms with Gasteiger partial charge in [-0.1, -0.05) is 13.0 Å². The van der Waals surface area contributed by atoms with Crippen molar-refractivity contribution in [2.45, 2.75) is 13.3 Å². The molecule has 2 aromatic rings. The molecule has 0 spiro atoms. The van der Waals surface area contributed by atoms with Gasteiger partial charge in [-0.2, -0.15) is 0 Å². The van der Waals surface area contributed by atoms with Gasteiger partial charge in [-0.3, -0.25) is 9.59 Å². The highest BCUT2D eigenvalue weighted by atomic mass is 19.2. The smallest absolute Gasteiger partial charge is 0.257 e. The second kappa shape index (κ2) is 7.82. The number of rotatable bonds is 4. The number of benzene rings is 2. The van der Waals surface area contributed by atoms with Crippen molar-refractivity contribution in [1.82, 2.24) is 4.90 Å². The monoisotopic (exact) mass is 376 g/mol. The van der Waals surface area contributed by atoms with E-state index in [2.05, 4.69) is 0 Å². The predicted molar refractivity (Wildman–Crippen MR) is 95.5 cm³/mol. The van der Waals surface area contributed by atoms with Gasteiger partial charge in [-0.15, -0.1) is 0 Å². The van der Waals surface area contributed by atoms with Gasteiger partial charge < -0.3 is 9.80 Å². The number of amides is 1. The molecule has 0 N–H and O–H groups in total. The molecule has 0 aliphatic carbocycles. The number of anilines is 1. The summed E-state index contributed by atoms with van der Waals surface area (Å²) >= 11 is 0. The van der Waals surface area contributed by atoms with E-state index >= 15 is 0 Å². The van der Waals surface area contributed by atoms with Crippen LogP contribution in [0.4, 0.5) is 18.9 Å². The molecule has 1 amide bonds. The average Bonchev–Trinajstić information content (AvgIpc) is 2.69. The highest BCUT2D eigenvalue weighted by Gasteiger charge is 2.26. The summed E-state index contributed by atoms with van der Waals surface area (Å²) in [6.07, 6.45) is 0.302. The van der Waals surface area contributed by atoms with Crippen LogP contribution in [0.2, 0.25) is 0 Å². The van der Waals surface area contributed by atoms with Gasteiger partial charge >= 0.3 is 0 Å². The molecule has 1 heterocycles. The Kier molecular flexibility index (Phi) is 5.48. The lowest BCUT2D eigenvalue weighted by Gasteiger charge is -2.36. The molecule has 1 aliphatic rings. The summed E-state index contributed by atoms with van der Waals surface area (Å²) in [4.78, 5) is 27.3. The number of ketones is 1. The number of Topliss-reactive ketones (excluding diaryl/α,β-unsaturated/α-hetero) is 1. The number of halogens is 3. The maximum Gasteiger partial charge on any atom is 0.257 e. The van der Waals surface area contributed by atoms with Crippen LogP contribution in [0.15, 0.2) is 36.4 Å². The molecule has 3 rings (SSSR count). The first-order chi connectivity index (χ1) is 12.9. The zero-order valence-corrected chi connectivity index (χ0v) is 14.8. The zero-order valence-electron chi connectivity index (χ0n) is 14.8. The summed E-state index contributed by atoms with van der Waals surface area (Å²) in [7, 11) is 0. The minimum Gasteiger partial charge on any atom is -0.366 e. The second-order valence-corrected chi connectivity index (χ2v) is 6.32. The molecular formula is C20H19F3N2O2. The van der Waals surface area contributed by atoms with E-state index in [9.17, 15) is 22.8 Å². The van der Waals surface area contributed by atoms with Crippen LogP contribution in [0.1, 0.15) is 34.1 Å². The van der Waals surface area contributed by atoms with Gasteiger partial charge in [0.25, 0.3) is 5.91 Å². The fraction of sp³-hybridized carbons (Fsp3) is 0.300. The van der Waals surface area contributed by atoms with Crippen LogP contribution >= 0.6 is 0 Å². The van der Waals surface area contributed by atoms with Crippen LogP contribution < -0.4 is 4.90 Å². The summed E-state index contributed by atoms with van der Waals surface area (Å²) in [6.45, 7) is 2.92. The lowest BCUT2D eigenvalue weighted by Crippen LogP contribution is -2.49. The van der Waals surface area contributed by atoms with Gasteiger partial charge in [-0.25, -0.2) is 13.2 Å². The van der Waals surface area contributed by atoms with Crippen molar-refractivity contribution in [3.05, 3.63) is 65.0 Å². The Bertz CT molecular complexity index is 878. The Hall–Kier alpha value is -2.83. The van der Waals surface area contributed by atoms with E-state index < -0.39 is 23.4 Å². The fourth-order valence-corrected chi connectivity index (χ4v) is 3.13. The van der Waals surface area contributed by atoms with Crippen molar-refractivity contribution >= 4 is 17.4 Å². The van der Waals surface area contributed by atoms with Crippen molar-refractivity contribution in [1.29, 1.82) is 0 Å². The Morgan fingerprint density at radius 2 is 1.67 bits per heavy atom. The first kappa shape index (κ1) is 18.9. The van der Waals surface area contributed by atoms with Crippen LogP contribution in [-0.4, -0.2) is 42.8 Å². The Morgan fingerprint density at radius 3 is 2.30 bits per heavy atom. The Balaban J connectivity index is 1.69. The first-order valence-corrected chi connectivity index (χ1v) is 8.73. The molecule has 1 fully saturated rings. The number of carbonyl (C=O) groups excluding carboxylic acids is 2. The largest absolute Gasteiger partial charge is 0.366 e. The molecule has 4 nitrogen and oxygen atoms in total. The van der Waals surface area contributed by atoms with Crippen molar-refractivity contribution in [2.75, 3.05) is 31.1 Å². The number of carbonyl (C=O) groups is 2. The van der Waals surface area contributed by atoms with Crippen molar-refractivity contribution < 1.29 is 22.8 Å². The topological polar surface area (TPSA) is 40.6 Å². The van der Waals surface area contributed by atoms with Crippen LogP contribution in [0, 0.1) is 17.5 Å².